The molecular formula is C24H32O7. The van der Waals surface area contributed by atoms with Crippen molar-refractivity contribution in [3.05, 3.63) is 71.8 Å². The molecule has 0 saturated carbocycles. The largest absolute Gasteiger partial charge is 0.478 e. The van der Waals surface area contributed by atoms with Gasteiger partial charge in [0.15, 0.2) is 0 Å². The van der Waals surface area contributed by atoms with Crippen molar-refractivity contribution in [1.82, 2.24) is 0 Å². The van der Waals surface area contributed by atoms with Gasteiger partial charge in [0.1, 0.15) is 0 Å². The van der Waals surface area contributed by atoms with E-state index >= 15 is 0 Å². The molecule has 0 aliphatic heterocycles. The number of hydrogen-bond donors (Lipinski definition) is 4. The minimum Gasteiger partial charge on any atom is -0.478 e. The fraction of sp³-hybridized carbons (Fsp3) is 0.375. The van der Waals surface area contributed by atoms with Crippen molar-refractivity contribution in [1.29, 1.82) is 0 Å². The standard InChI is InChI=1S/C9H20O2.C8H6O3.C7H6O2/c1-6(2)5-9(11)7(3)8(4)10;9-7(8(10)11)6-4-2-1-3-5-6;8-7(9)6-4-2-1-3-5-6/h6-11H,5H2,1-4H3;1-5H,(H,10,11);1-5H,(H,8,9). The highest BCUT2D eigenvalue weighted by molar-refractivity contribution is 6.39. The van der Waals surface area contributed by atoms with Gasteiger partial charge in [-0.15, -0.1) is 0 Å². The second-order valence-electron chi connectivity index (χ2n) is 7.47. The monoisotopic (exact) mass is 432 g/mol. The summed E-state index contributed by atoms with van der Waals surface area (Å²) in [6.45, 7) is 7.72. The van der Waals surface area contributed by atoms with Gasteiger partial charge in [-0.2, -0.15) is 0 Å². The highest BCUT2D eigenvalue weighted by atomic mass is 16.4. The van der Waals surface area contributed by atoms with Crippen LogP contribution in [0.3, 0.4) is 0 Å². The van der Waals surface area contributed by atoms with E-state index in [2.05, 4.69) is 13.8 Å². The molecule has 7 nitrogen and oxygen atoms in total. The molecule has 2 aromatic rings. The summed E-state index contributed by atoms with van der Waals surface area (Å²) in [5.41, 5.74) is 0.539. The third-order valence-corrected chi connectivity index (χ3v) is 4.33. The third kappa shape index (κ3) is 12.3. The summed E-state index contributed by atoms with van der Waals surface area (Å²) in [5.74, 6) is -2.69. The van der Waals surface area contributed by atoms with Gasteiger partial charge < -0.3 is 20.4 Å². The molecule has 2 aromatic carbocycles. The summed E-state index contributed by atoms with van der Waals surface area (Å²) >= 11 is 0. The summed E-state index contributed by atoms with van der Waals surface area (Å²) in [4.78, 5) is 31.1. The Balaban J connectivity index is 0.000000438. The second-order valence-corrected chi connectivity index (χ2v) is 7.47. The Morgan fingerprint density at radius 1 is 0.742 bits per heavy atom. The lowest BCUT2D eigenvalue weighted by Gasteiger charge is -2.22. The zero-order valence-corrected chi connectivity index (χ0v) is 18.3. The number of Topliss-reactive ketones (excluding diaryl/α,β-unsaturated/α-hetero) is 1. The Morgan fingerprint density at radius 2 is 1.16 bits per heavy atom. The van der Waals surface area contributed by atoms with Gasteiger partial charge in [0.25, 0.3) is 5.78 Å². The van der Waals surface area contributed by atoms with E-state index in [1.54, 1.807) is 55.5 Å². The molecule has 31 heavy (non-hydrogen) atoms. The molecule has 0 fully saturated rings. The van der Waals surface area contributed by atoms with Gasteiger partial charge in [0, 0.05) is 11.5 Å². The number of aliphatic carboxylic acids is 1. The normalized spacial score (nSPS) is 12.9. The number of aliphatic hydroxyl groups is 2. The number of benzene rings is 2. The molecule has 0 aliphatic carbocycles. The van der Waals surface area contributed by atoms with Gasteiger partial charge in [0.2, 0.25) is 0 Å². The van der Waals surface area contributed by atoms with E-state index in [1.807, 2.05) is 6.92 Å². The first-order valence-corrected chi connectivity index (χ1v) is 9.94. The Bertz CT molecular complexity index is 786. The van der Waals surface area contributed by atoms with E-state index in [0.717, 1.165) is 6.42 Å². The predicted octanol–water partition coefficient (Wildman–Crippen LogP) is 3.75. The lowest BCUT2D eigenvalue weighted by atomic mass is 9.92. The van der Waals surface area contributed by atoms with Crippen LogP contribution in [-0.4, -0.2) is 50.4 Å². The number of ketones is 1. The van der Waals surface area contributed by atoms with Crippen molar-refractivity contribution >= 4 is 17.7 Å². The van der Waals surface area contributed by atoms with Gasteiger partial charge in [0.05, 0.1) is 17.8 Å². The van der Waals surface area contributed by atoms with Crippen LogP contribution in [0.5, 0.6) is 0 Å². The molecule has 0 spiro atoms. The van der Waals surface area contributed by atoms with Crippen molar-refractivity contribution in [2.24, 2.45) is 11.8 Å². The maximum atomic E-state index is 10.7. The molecule has 0 bridgehead atoms. The fourth-order valence-electron chi connectivity index (χ4n) is 2.31. The lowest BCUT2D eigenvalue weighted by molar-refractivity contribution is -0.131. The Morgan fingerprint density at radius 3 is 1.45 bits per heavy atom. The number of carboxylic acids is 2. The first-order chi connectivity index (χ1) is 14.5. The average Bonchev–Trinajstić information content (AvgIpc) is 2.74. The minimum absolute atomic E-state index is 0.0163. The predicted molar refractivity (Wildman–Crippen MR) is 118 cm³/mol. The second kappa shape index (κ2) is 14.9. The molecule has 2 rings (SSSR count). The van der Waals surface area contributed by atoms with Crippen LogP contribution in [0.4, 0.5) is 0 Å². The Kier molecular flexibility index (Phi) is 13.4. The maximum absolute atomic E-state index is 10.7. The van der Waals surface area contributed by atoms with E-state index in [9.17, 15) is 19.5 Å². The number of hydrogen-bond acceptors (Lipinski definition) is 5. The molecule has 4 N–H and O–H groups in total. The minimum atomic E-state index is -1.42. The van der Waals surface area contributed by atoms with Gasteiger partial charge in [-0.25, -0.2) is 9.59 Å². The molecule has 0 amide bonds. The first kappa shape index (κ1) is 28.0. The van der Waals surface area contributed by atoms with E-state index in [0.29, 0.717) is 11.5 Å². The number of carbonyl (C=O) groups is 3. The molecule has 170 valence electrons. The van der Waals surface area contributed by atoms with Crippen LogP contribution < -0.4 is 0 Å². The zero-order valence-electron chi connectivity index (χ0n) is 18.3. The molecule has 0 aromatic heterocycles. The molecule has 3 atom stereocenters. The van der Waals surface area contributed by atoms with E-state index in [-0.39, 0.29) is 17.6 Å². The lowest BCUT2D eigenvalue weighted by Crippen LogP contribution is -2.28. The van der Waals surface area contributed by atoms with Gasteiger partial charge in [-0.3, -0.25) is 4.79 Å². The highest BCUT2D eigenvalue weighted by Gasteiger charge is 2.19. The Hall–Kier alpha value is -3.03. The fourth-order valence-corrected chi connectivity index (χ4v) is 2.31. The van der Waals surface area contributed by atoms with Crippen molar-refractivity contribution in [3.8, 4) is 0 Å². The Labute approximate surface area is 183 Å². The quantitative estimate of drug-likeness (QED) is 0.387. The van der Waals surface area contributed by atoms with Crippen molar-refractivity contribution in [2.75, 3.05) is 0 Å². The van der Waals surface area contributed by atoms with E-state index < -0.39 is 23.8 Å². The summed E-state index contributed by atoms with van der Waals surface area (Å²) in [5, 5.41) is 35.3. The number of rotatable bonds is 7. The van der Waals surface area contributed by atoms with Crippen LogP contribution in [-0.2, 0) is 4.79 Å². The average molecular weight is 433 g/mol. The number of carbonyl (C=O) groups excluding carboxylic acids is 1. The van der Waals surface area contributed by atoms with Crippen LogP contribution >= 0.6 is 0 Å². The van der Waals surface area contributed by atoms with Crippen molar-refractivity contribution in [3.63, 3.8) is 0 Å². The smallest absolute Gasteiger partial charge is 0.377 e. The highest BCUT2D eigenvalue weighted by Crippen LogP contribution is 2.15. The topological polar surface area (TPSA) is 132 Å². The van der Waals surface area contributed by atoms with E-state index in [1.165, 1.54) is 12.1 Å². The van der Waals surface area contributed by atoms with Gasteiger partial charge in [-0.1, -0.05) is 69.3 Å². The zero-order chi connectivity index (χ0) is 24.0. The molecule has 3 unspecified atom stereocenters. The third-order valence-electron chi connectivity index (χ3n) is 4.33. The van der Waals surface area contributed by atoms with E-state index in [4.69, 9.17) is 15.3 Å². The number of aromatic carboxylic acids is 1. The number of aliphatic hydroxyl groups excluding tert-OH is 2. The summed E-state index contributed by atoms with van der Waals surface area (Å²) < 4.78 is 0. The SMILES string of the molecule is CC(C)CC(O)C(C)C(C)O.O=C(O)C(=O)c1ccccc1.O=C(O)c1ccccc1. The van der Waals surface area contributed by atoms with Crippen LogP contribution in [0.25, 0.3) is 0 Å². The van der Waals surface area contributed by atoms with Crippen LogP contribution in [0.15, 0.2) is 60.7 Å². The van der Waals surface area contributed by atoms with Crippen LogP contribution in [0, 0.1) is 11.8 Å². The summed E-state index contributed by atoms with van der Waals surface area (Å²) in [7, 11) is 0. The van der Waals surface area contributed by atoms with Crippen molar-refractivity contribution < 1.29 is 34.8 Å². The van der Waals surface area contributed by atoms with Gasteiger partial charge in [-0.05, 0) is 31.4 Å². The summed E-state index contributed by atoms with van der Waals surface area (Å²) in [6.07, 6.45) is -0.00903. The maximum Gasteiger partial charge on any atom is 0.377 e. The van der Waals surface area contributed by atoms with Crippen LogP contribution in [0.2, 0.25) is 0 Å². The molecule has 0 heterocycles. The number of carboxylic acid groups (broad SMARTS) is 2. The first-order valence-electron chi connectivity index (χ1n) is 9.94. The molecular weight excluding hydrogens is 400 g/mol. The molecule has 7 heteroatoms. The molecule has 0 aliphatic rings. The van der Waals surface area contributed by atoms with Crippen LogP contribution in [0.1, 0.15) is 54.8 Å². The van der Waals surface area contributed by atoms with Gasteiger partial charge >= 0.3 is 11.9 Å². The summed E-state index contributed by atoms with van der Waals surface area (Å²) in [6, 6.07) is 16.2. The molecule has 0 saturated heterocycles. The van der Waals surface area contributed by atoms with Crippen molar-refractivity contribution in [2.45, 2.75) is 46.3 Å². The molecule has 0 radical (unpaired) electrons.